The van der Waals surface area contributed by atoms with Crippen LogP contribution in [0.25, 0.3) is 0 Å². The van der Waals surface area contributed by atoms with Gasteiger partial charge in [0.1, 0.15) is 5.75 Å². The number of hydrogen-bond acceptors (Lipinski definition) is 3. The molecule has 1 saturated heterocycles. The summed E-state index contributed by atoms with van der Waals surface area (Å²) in [5.74, 6) is 0.925. The number of hydrogen-bond donors (Lipinski definition) is 1. The SMILES string of the molecule is CCOc1ccc(CC(=O)N2CCCC2CO)cc1. The molecule has 0 spiro atoms. The van der Waals surface area contributed by atoms with E-state index >= 15 is 0 Å². The van der Waals surface area contributed by atoms with Crippen LogP contribution in [-0.2, 0) is 11.2 Å². The van der Waals surface area contributed by atoms with Crippen molar-refractivity contribution >= 4 is 5.91 Å². The third-order valence-electron chi connectivity index (χ3n) is 3.50. The fourth-order valence-electron chi connectivity index (χ4n) is 2.50. The summed E-state index contributed by atoms with van der Waals surface area (Å²) < 4.78 is 5.37. The number of aliphatic hydroxyl groups excluding tert-OH is 1. The van der Waals surface area contributed by atoms with Crippen LogP contribution in [0.5, 0.6) is 5.75 Å². The van der Waals surface area contributed by atoms with Gasteiger partial charge in [-0.25, -0.2) is 0 Å². The van der Waals surface area contributed by atoms with Gasteiger partial charge >= 0.3 is 0 Å². The molecule has 104 valence electrons. The van der Waals surface area contributed by atoms with Crippen LogP contribution in [0.2, 0.25) is 0 Å². The van der Waals surface area contributed by atoms with Gasteiger partial charge in [0.15, 0.2) is 0 Å². The second-order valence-electron chi connectivity index (χ2n) is 4.82. The Balaban J connectivity index is 1.94. The molecule has 0 aromatic heterocycles. The Labute approximate surface area is 114 Å². The zero-order valence-electron chi connectivity index (χ0n) is 11.3. The van der Waals surface area contributed by atoms with Crippen molar-refractivity contribution in [3.63, 3.8) is 0 Å². The third-order valence-corrected chi connectivity index (χ3v) is 3.50. The number of amides is 1. The van der Waals surface area contributed by atoms with E-state index < -0.39 is 0 Å². The number of carbonyl (C=O) groups is 1. The summed E-state index contributed by atoms with van der Waals surface area (Å²) in [4.78, 5) is 14.0. The molecule has 2 rings (SSSR count). The van der Waals surface area contributed by atoms with Crippen LogP contribution in [0.15, 0.2) is 24.3 Å². The van der Waals surface area contributed by atoms with Crippen LogP contribution in [0, 0.1) is 0 Å². The first-order chi connectivity index (χ1) is 9.24. The molecule has 1 fully saturated rings. The second-order valence-corrected chi connectivity index (χ2v) is 4.82. The maximum absolute atomic E-state index is 12.2. The minimum absolute atomic E-state index is 0.00944. The summed E-state index contributed by atoms with van der Waals surface area (Å²) in [5.41, 5.74) is 0.983. The molecule has 4 heteroatoms. The topological polar surface area (TPSA) is 49.8 Å². The Morgan fingerprint density at radius 2 is 2.16 bits per heavy atom. The minimum Gasteiger partial charge on any atom is -0.494 e. The molecule has 0 bridgehead atoms. The summed E-state index contributed by atoms with van der Waals surface area (Å²) in [6, 6.07) is 7.63. The molecule has 1 aliphatic heterocycles. The minimum atomic E-state index is 0.00944. The van der Waals surface area contributed by atoms with Crippen molar-refractivity contribution < 1.29 is 14.6 Å². The van der Waals surface area contributed by atoms with Crippen molar-refractivity contribution in [3.05, 3.63) is 29.8 Å². The Kier molecular flexibility index (Phi) is 4.80. The highest BCUT2D eigenvalue weighted by Crippen LogP contribution is 2.19. The summed E-state index contributed by atoms with van der Waals surface area (Å²) in [6.07, 6.45) is 2.29. The Morgan fingerprint density at radius 1 is 1.42 bits per heavy atom. The lowest BCUT2D eigenvalue weighted by Gasteiger charge is -2.23. The first-order valence-corrected chi connectivity index (χ1v) is 6.86. The van der Waals surface area contributed by atoms with Crippen LogP contribution in [-0.4, -0.2) is 41.7 Å². The number of aliphatic hydroxyl groups is 1. The van der Waals surface area contributed by atoms with Gasteiger partial charge in [-0.05, 0) is 37.5 Å². The zero-order chi connectivity index (χ0) is 13.7. The molecule has 4 nitrogen and oxygen atoms in total. The molecule has 1 N–H and O–H groups in total. The smallest absolute Gasteiger partial charge is 0.227 e. The number of likely N-dealkylation sites (tertiary alicyclic amines) is 1. The van der Waals surface area contributed by atoms with Crippen molar-refractivity contribution in [2.24, 2.45) is 0 Å². The summed E-state index contributed by atoms with van der Waals surface area (Å²) >= 11 is 0. The zero-order valence-corrected chi connectivity index (χ0v) is 11.3. The predicted octanol–water partition coefficient (Wildman–Crippen LogP) is 1.61. The maximum Gasteiger partial charge on any atom is 0.227 e. The average molecular weight is 263 g/mol. The van der Waals surface area contributed by atoms with Crippen molar-refractivity contribution in [1.29, 1.82) is 0 Å². The molecule has 0 saturated carbocycles. The highest BCUT2D eigenvalue weighted by atomic mass is 16.5. The van der Waals surface area contributed by atoms with Crippen molar-refractivity contribution in [1.82, 2.24) is 4.90 Å². The largest absolute Gasteiger partial charge is 0.494 e. The number of ether oxygens (including phenoxy) is 1. The fraction of sp³-hybridized carbons (Fsp3) is 0.533. The molecule has 1 unspecified atom stereocenters. The van der Waals surface area contributed by atoms with Crippen molar-refractivity contribution in [3.8, 4) is 5.75 Å². The molecule has 19 heavy (non-hydrogen) atoms. The van der Waals surface area contributed by atoms with E-state index in [1.807, 2.05) is 31.2 Å². The van der Waals surface area contributed by atoms with Gasteiger partial charge in [-0.1, -0.05) is 12.1 Å². The lowest BCUT2D eigenvalue weighted by molar-refractivity contribution is -0.131. The van der Waals surface area contributed by atoms with E-state index in [9.17, 15) is 9.90 Å². The van der Waals surface area contributed by atoms with Gasteiger partial charge in [-0.3, -0.25) is 4.79 Å². The predicted molar refractivity (Wildman–Crippen MR) is 73.1 cm³/mol. The van der Waals surface area contributed by atoms with Gasteiger partial charge in [0.2, 0.25) is 5.91 Å². The van der Waals surface area contributed by atoms with Gasteiger partial charge < -0.3 is 14.7 Å². The van der Waals surface area contributed by atoms with E-state index in [0.29, 0.717) is 13.0 Å². The highest BCUT2D eigenvalue weighted by molar-refractivity contribution is 5.79. The summed E-state index contributed by atoms with van der Waals surface area (Å²) in [7, 11) is 0. The Morgan fingerprint density at radius 3 is 2.79 bits per heavy atom. The van der Waals surface area contributed by atoms with Gasteiger partial charge in [-0.15, -0.1) is 0 Å². The van der Waals surface area contributed by atoms with E-state index in [0.717, 1.165) is 30.7 Å². The summed E-state index contributed by atoms with van der Waals surface area (Å²) in [6.45, 7) is 3.42. The number of benzene rings is 1. The van der Waals surface area contributed by atoms with Gasteiger partial charge in [-0.2, -0.15) is 0 Å². The van der Waals surface area contributed by atoms with Crippen LogP contribution in [0.1, 0.15) is 25.3 Å². The lowest BCUT2D eigenvalue weighted by atomic mass is 10.1. The van der Waals surface area contributed by atoms with Crippen molar-refractivity contribution in [2.45, 2.75) is 32.2 Å². The average Bonchev–Trinajstić information content (AvgIpc) is 2.90. The first-order valence-electron chi connectivity index (χ1n) is 6.86. The molecular weight excluding hydrogens is 242 g/mol. The standard InChI is InChI=1S/C15H21NO3/c1-2-19-14-7-5-12(6-8-14)10-15(18)16-9-3-4-13(16)11-17/h5-8,13,17H,2-4,9-11H2,1H3. The molecule has 1 heterocycles. The molecule has 0 radical (unpaired) electrons. The number of carbonyl (C=O) groups excluding carboxylic acids is 1. The second kappa shape index (κ2) is 6.57. The number of rotatable bonds is 5. The number of nitrogens with zero attached hydrogens (tertiary/aromatic N) is 1. The van der Waals surface area contributed by atoms with Crippen LogP contribution in [0.3, 0.4) is 0 Å². The van der Waals surface area contributed by atoms with E-state index in [1.54, 1.807) is 4.90 Å². The molecule has 1 aromatic rings. The maximum atomic E-state index is 12.2. The quantitative estimate of drug-likeness (QED) is 0.878. The molecule has 1 amide bonds. The molecular formula is C15H21NO3. The van der Waals surface area contributed by atoms with Gasteiger partial charge in [0, 0.05) is 6.54 Å². The normalized spacial score (nSPS) is 18.6. The van der Waals surface area contributed by atoms with Gasteiger partial charge in [0.05, 0.1) is 25.7 Å². The lowest BCUT2D eigenvalue weighted by Crippen LogP contribution is -2.38. The van der Waals surface area contributed by atoms with Crippen LogP contribution >= 0.6 is 0 Å². The molecule has 0 aliphatic carbocycles. The van der Waals surface area contributed by atoms with Gasteiger partial charge in [0.25, 0.3) is 0 Å². The van der Waals surface area contributed by atoms with Crippen LogP contribution in [0.4, 0.5) is 0 Å². The molecule has 1 aromatic carbocycles. The van der Waals surface area contributed by atoms with E-state index in [-0.39, 0.29) is 18.6 Å². The summed E-state index contributed by atoms with van der Waals surface area (Å²) in [5, 5.41) is 9.24. The molecule has 1 atom stereocenters. The van der Waals surface area contributed by atoms with Crippen molar-refractivity contribution in [2.75, 3.05) is 19.8 Å². The van der Waals surface area contributed by atoms with E-state index in [1.165, 1.54) is 0 Å². The Bertz CT molecular complexity index is 416. The van der Waals surface area contributed by atoms with Crippen LogP contribution < -0.4 is 4.74 Å². The monoisotopic (exact) mass is 263 g/mol. The van der Waals surface area contributed by atoms with E-state index in [4.69, 9.17) is 4.74 Å². The Hall–Kier alpha value is -1.55. The highest BCUT2D eigenvalue weighted by Gasteiger charge is 2.27. The first kappa shape index (κ1) is 13.9. The fourth-order valence-corrected chi connectivity index (χ4v) is 2.50. The molecule has 1 aliphatic rings. The third kappa shape index (κ3) is 3.47. The van der Waals surface area contributed by atoms with E-state index in [2.05, 4.69) is 0 Å².